The van der Waals surface area contributed by atoms with E-state index in [4.69, 9.17) is 0 Å². The maximum absolute atomic E-state index is 2.36. The van der Waals surface area contributed by atoms with Crippen LogP contribution in [0.1, 0.15) is 5.56 Å². The van der Waals surface area contributed by atoms with Gasteiger partial charge in [0.1, 0.15) is 0 Å². The smallest absolute Gasteiger partial charge is 0.0642 e. The third-order valence-corrected chi connectivity index (χ3v) is 7.95. The minimum atomic E-state index is 1.31. The summed E-state index contributed by atoms with van der Waals surface area (Å²) in [6.45, 7) is 2.14. The molecule has 0 saturated carbocycles. The van der Waals surface area contributed by atoms with Crippen LogP contribution in [0, 0.1) is 6.92 Å². The van der Waals surface area contributed by atoms with Crippen LogP contribution in [-0.2, 0) is 0 Å². The van der Waals surface area contributed by atoms with Gasteiger partial charge < -0.3 is 0 Å². The van der Waals surface area contributed by atoms with Crippen molar-refractivity contribution in [2.24, 2.45) is 0 Å². The van der Waals surface area contributed by atoms with Crippen molar-refractivity contribution in [1.82, 2.24) is 0 Å². The highest BCUT2D eigenvalue weighted by atomic mass is 32.1. The zero-order valence-electron chi connectivity index (χ0n) is 11.9. The Morgan fingerprint density at radius 2 is 1.45 bits per heavy atom. The van der Waals surface area contributed by atoms with Crippen LogP contribution in [0.15, 0.2) is 54.6 Å². The second-order valence-electron chi connectivity index (χ2n) is 5.53. The molecule has 0 aliphatic rings. The minimum Gasteiger partial charge on any atom is -0.133 e. The van der Waals surface area contributed by atoms with Crippen molar-refractivity contribution in [3.63, 3.8) is 0 Å². The highest BCUT2D eigenvalue weighted by Gasteiger charge is 2.15. The summed E-state index contributed by atoms with van der Waals surface area (Å²) in [6, 6.07) is 19.9. The molecule has 0 aliphatic carbocycles. The summed E-state index contributed by atoms with van der Waals surface area (Å²) in [6.07, 6.45) is 0. The molecular formula is C19H12S3. The van der Waals surface area contributed by atoms with Crippen LogP contribution in [0.2, 0.25) is 0 Å². The summed E-state index contributed by atoms with van der Waals surface area (Å²) < 4.78 is 7.20. The molecular weight excluding hydrogens is 324 g/mol. The van der Waals surface area contributed by atoms with Gasteiger partial charge in [-0.05, 0) is 24.6 Å². The Bertz CT molecular complexity index is 1120. The van der Waals surface area contributed by atoms with Crippen molar-refractivity contribution in [3.8, 4) is 10.4 Å². The maximum atomic E-state index is 2.36. The van der Waals surface area contributed by atoms with E-state index in [1.807, 2.05) is 34.0 Å². The lowest BCUT2D eigenvalue weighted by Crippen LogP contribution is -1.72. The molecule has 3 heteroatoms. The SMILES string of the molecule is Cc1ccc(-c2cc3sc4c5ccccc5sc4c3s2)cc1. The second-order valence-corrected chi connectivity index (χ2v) is 8.69. The average molecular weight is 337 g/mol. The third kappa shape index (κ3) is 1.80. The topological polar surface area (TPSA) is 0 Å². The van der Waals surface area contributed by atoms with E-state index in [9.17, 15) is 0 Å². The predicted octanol–water partition coefficient (Wildman–Crippen LogP) is 7.31. The highest BCUT2D eigenvalue weighted by Crippen LogP contribution is 2.48. The fourth-order valence-electron chi connectivity index (χ4n) is 2.85. The first kappa shape index (κ1) is 12.8. The van der Waals surface area contributed by atoms with Gasteiger partial charge in [0, 0.05) is 19.7 Å². The van der Waals surface area contributed by atoms with Crippen molar-refractivity contribution in [2.75, 3.05) is 0 Å². The van der Waals surface area contributed by atoms with E-state index in [2.05, 4.69) is 61.5 Å². The summed E-state index contributed by atoms with van der Waals surface area (Å²) in [5, 5.41) is 1.41. The molecule has 0 radical (unpaired) electrons. The Hall–Kier alpha value is -1.68. The molecule has 3 heterocycles. The summed E-state index contributed by atoms with van der Waals surface area (Å²) in [5.41, 5.74) is 2.64. The van der Waals surface area contributed by atoms with Crippen LogP contribution >= 0.6 is 34.0 Å². The molecule has 0 saturated heterocycles. The number of rotatable bonds is 1. The van der Waals surface area contributed by atoms with Crippen LogP contribution in [0.25, 0.3) is 39.3 Å². The molecule has 0 amide bonds. The van der Waals surface area contributed by atoms with Gasteiger partial charge in [-0.15, -0.1) is 34.0 Å². The average Bonchev–Trinajstić information content (AvgIpc) is 3.17. The molecule has 0 unspecified atom stereocenters. The Morgan fingerprint density at radius 3 is 2.32 bits per heavy atom. The molecule has 0 atom stereocenters. The number of thiophene rings is 3. The van der Waals surface area contributed by atoms with Gasteiger partial charge >= 0.3 is 0 Å². The Balaban J connectivity index is 1.78. The fraction of sp³-hybridized carbons (Fsp3) is 0.0526. The van der Waals surface area contributed by atoms with Crippen LogP contribution in [0.4, 0.5) is 0 Å². The minimum absolute atomic E-state index is 1.31. The molecule has 0 nitrogen and oxygen atoms in total. The normalized spacial score (nSPS) is 11.9. The van der Waals surface area contributed by atoms with E-state index < -0.39 is 0 Å². The van der Waals surface area contributed by atoms with Crippen molar-refractivity contribution in [3.05, 3.63) is 60.2 Å². The third-order valence-electron chi connectivity index (χ3n) is 4.00. The summed E-state index contributed by atoms with van der Waals surface area (Å²) in [7, 11) is 0. The summed E-state index contributed by atoms with van der Waals surface area (Å²) in [5.74, 6) is 0. The lowest BCUT2D eigenvalue weighted by molar-refractivity contribution is 1.48. The predicted molar refractivity (Wildman–Crippen MR) is 103 cm³/mol. The molecule has 3 aromatic heterocycles. The van der Waals surface area contributed by atoms with Gasteiger partial charge in [0.2, 0.25) is 0 Å². The number of fused-ring (bicyclic) bond motifs is 5. The largest absolute Gasteiger partial charge is 0.133 e. The van der Waals surface area contributed by atoms with Crippen molar-refractivity contribution < 1.29 is 0 Å². The molecule has 2 aromatic carbocycles. The van der Waals surface area contributed by atoms with Crippen molar-refractivity contribution in [1.29, 1.82) is 0 Å². The van der Waals surface area contributed by atoms with E-state index >= 15 is 0 Å². The van der Waals surface area contributed by atoms with Gasteiger partial charge in [-0.25, -0.2) is 0 Å². The number of benzene rings is 2. The molecule has 106 valence electrons. The molecule has 0 spiro atoms. The van der Waals surface area contributed by atoms with Crippen molar-refractivity contribution in [2.45, 2.75) is 6.92 Å². The van der Waals surface area contributed by atoms with E-state index in [-0.39, 0.29) is 0 Å². The van der Waals surface area contributed by atoms with Crippen LogP contribution in [0.5, 0.6) is 0 Å². The molecule has 5 rings (SSSR count). The van der Waals surface area contributed by atoms with Gasteiger partial charge in [0.25, 0.3) is 0 Å². The van der Waals surface area contributed by atoms with Gasteiger partial charge in [0.15, 0.2) is 0 Å². The number of aryl methyl sites for hydroxylation is 1. The zero-order valence-corrected chi connectivity index (χ0v) is 14.4. The van der Waals surface area contributed by atoms with Gasteiger partial charge in [0.05, 0.1) is 14.1 Å². The molecule has 5 aromatic rings. The van der Waals surface area contributed by atoms with Crippen molar-refractivity contribution >= 4 is 62.9 Å². The number of hydrogen-bond donors (Lipinski definition) is 0. The molecule has 0 bridgehead atoms. The molecule has 0 fully saturated rings. The standard InChI is InChI=1S/C19H12S3/c1-11-6-8-12(9-7-11)15-10-16-18(21-15)19-17(22-16)13-4-2-3-5-14(13)20-19/h2-10H,1H3. The van der Waals surface area contributed by atoms with Gasteiger partial charge in [-0.3, -0.25) is 0 Å². The van der Waals surface area contributed by atoms with E-state index in [0.717, 1.165) is 0 Å². The van der Waals surface area contributed by atoms with Gasteiger partial charge in [-0.1, -0.05) is 48.0 Å². The Kier molecular flexibility index (Phi) is 2.71. The Morgan fingerprint density at radius 1 is 0.682 bits per heavy atom. The lowest BCUT2D eigenvalue weighted by Gasteiger charge is -1.97. The quantitative estimate of drug-likeness (QED) is 0.301. The van der Waals surface area contributed by atoms with E-state index in [0.29, 0.717) is 0 Å². The number of hydrogen-bond acceptors (Lipinski definition) is 3. The first-order valence-electron chi connectivity index (χ1n) is 7.20. The Labute approximate surface area is 140 Å². The zero-order chi connectivity index (χ0) is 14.7. The van der Waals surface area contributed by atoms with Crippen LogP contribution in [0.3, 0.4) is 0 Å². The molecule has 0 N–H and O–H groups in total. The van der Waals surface area contributed by atoms with Crippen LogP contribution < -0.4 is 0 Å². The molecule has 0 aliphatic heterocycles. The van der Waals surface area contributed by atoms with Crippen LogP contribution in [-0.4, -0.2) is 0 Å². The maximum Gasteiger partial charge on any atom is 0.0642 e. The summed E-state index contributed by atoms with van der Waals surface area (Å²) >= 11 is 5.80. The highest BCUT2D eigenvalue weighted by molar-refractivity contribution is 7.41. The first-order chi connectivity index (χ1) is 10.8. The van der Waals surface area contributed by atoms with E-state index in [1.54, 1.807) is 0 Å². The second kappa shape index (κ2) is 4.66. The summed E-state index contributed by atoms with van der Waals surface area (Å²) in [4.78, 5) is 1.38. The lowest BCUT2D eigenvalue weighted by atomic mass is 10.1. The first-order valence-corrected chi connectivity index (χ1v) is 9.65. The fourth-order valence-corrected chi connectivity index (χ4v) is 7.00. The van der Waals surface area contributed by atoms with Gasteiger partial charge in [-0.2, -0.15) is 0 Å². The molecule has 22 heavy (non-hydrogen) atoms. The van der Waals surface area contributed by atoms with E-state index in [1.165, 1.54) is 44.9 Å². The monoisotopic (exact) mass is 336 g/mol.